The van der Waals surface area contributed by atoms with Gasteiger partial charge in [0.25, 0.3) is 0 Å². The summed E-state index contributed by atoms with van der Waals surface area (Å²) in [5.74, 6) is 0. The molecule has 0 aliphatic carbocycles. The van der Waals surface area contributed by atoms with Crippen molar-refractivity contribution in [3.8, 4) is 0 Å². The average Bonchev–Trinajstić information content (AvgIpc) is 3.43. The molecule has 194 valence electrons. The van der Waals surface area contributed by atoms with Gasteiger partial charge >= 0.3 is 0 Å². The maximum Gasteiger partial charge on any atom is 0.183 e. The Kier molecular flexibility index (Phi) is 21.3. The molecule has 0 radical (unpaired) electrons. The van der Waals surface area contributed by atoms with Crippen molar-refractivity contribution in [2.75, 3.05) is 40.1 Å². The van der Waals surface area contributed by atoms with E-state index < -0.39 is 12.2 Å². The molecule has 10 N–H and O–H groups in total. The van der Waals surface area contributed by atoms with Crippen LogP contribution in [0, 0.1) is 0 Å². The first kappa shape index (κ1) is 32.7. The Labute approximate surface area is 185 Å². The van der Waals surface area contributed by atoms with Crippen LogP contribution in [0.4, 0.5) is 0 Å². The topological polar surface area (TPSA) is 221 Å². The fourth-order valence-electron chi connectivity index (χ4n) is 2.93. The second-order valence-electron chi connectivity index (χ2n) is 7.18. The highest BCUT2D eigenvalue weighted by Crippen LogP contribution is 2.26. The molecule has 0 aromatic carbocycles. The molecule has 3 aliphatic heterocycles. The van der Waals surface area contributed by atoms with E-state index in [0.717, 1.165) is 32.8 Å². The summed E-state index contributed by atoms with van der Waals surface area (Å²) in [5, 5.41) is 67.5. The number of aliphatic hydroxyl groups excluding tert-OH is 8. The molecule has 7 atom stereocenters. The minimum absolute atomic E-state index is 0. The predicted octanol–water partition coefficient (Wildman–Crippen LogP) is -2.85. The zero-order chi connectivity index (χ0) is 22.9. The molecule has 3 rings (SSSR count). The first-order chi connectivity index (χ1) is 14.4. The summed E-state index contributed by atoms with van der Waals surface area (Å²) in [6, 6.07) is 0. The quantitative estimate of drug-likeness (QED) is 0.191. The summed E-state index contributed by atoms with van der Waals surface area (Å²) in [7, 11) is 1.00. The summed E-state index contributed by atoms with van der Waals surface area (Å²) in [5.41, 5.74) is 0. The smallest absolute Gasteiger partial charge is 0.183 e. The van der Waals surface area contributed by atoms with Gasteiger partial charge in [-0.1, -0.05) is 0 Å². The Morgan fingerprint density at radius 2 is 1.29 bits per heavy atom. The molecule has 3 saturated heterocycles. The van der Waals surface area contributed by atoms with Gasteiger partial charge in [-0.3, -0.25) is 0 Å². The van der Waals surface area contributed by atoms with Crippen LogP contribution in [0.3, 0.4) is 0 Å². The first-order valence-corrected chi connectivity index (χ1v) is 10.3. The van der Waals surface area contributed by atoms with E-state index in [-0.39, 0.29) is 65.5 Å². The number of fused-ring (bicyclic) bond motifs is 2. The maximum atomic E-state index is 9.15. The normalized spacial score (nSPS) is 30.3. The Hall–Kier alpha value is -0.480. The van der Waals surface area contributed by atoms with Crippen LogP contribution in [-0.4, -0.2) is 129 Å². The van der Waals surface area contributed by atoms with Crippen LogP contribution in [0.2, 0.25) is 0 Å². The van der Waals surface area contributed by atoms with Gasteiger partial charge in [0.15, 0.2) is 6.29 Å². The molecule has 0 saturated carbocycles. The van der Waals surface area contributed by atoms with Crippen molar-refractivity contribution in [3.05, 3.63) is 0 Å². The van der Waals surface area contributed by atoms with Crippen molar-refractivity contribution >= 4 is 0 Å². The predicted molar refractivity (Wildman–Crippen MR) is 113 cm³/mol. The van der Waals surface area contributed by atoms with Crippen molar-refractivity contribution in [1.82, 2.24) is 0 Å². The second kappa shape index (κ2) is 20.1. The van der Waals surface area contributed by atoms with Crippen LogP contribution in [0.15, 0.2) is 0 Å². The monoisotopic (exact) mass is 466 g/mol. The lowest BCUT2D eigenvalue weighted by atomic mass is 10.1. The van der Waals surface area contributed by atoms with Gasteiger partial charge in [-0.05, 0) is 38.5 Å². The highest BCUT2D eigenvalue weighted by atomic mass is 16.7. The van der Waals surface area contributed by atoms with Crippen LogP contribution in [0.5, 0.6) is 0 Å². The Morgan fingerprint density at radius 1 is 0.806 bits per heavy atom. The van der Waals surface area contributed by atoms with Gasteiger partial charge < -0.3 is 60.5 Å². The molecule has 3 fully saturated rings. The van der Waals surface area contributed by atoms with Gasteiger partial charge in [0, 0.05) is 9.96 Å². The summed E-state index contributed by atoms with van der Waals surface area (Å²) < 4.78 is 15.5. The molecule has 0 aromatic heterocycles. The molecule has 3 heterocycles. The maximum absolute atomic E-state index is 9.15. The fraction of sp³-hybridized carbons (Fsp3) is 1.00. The third-order valence-electron chi connectivity index (χ3n) is 4.73. The molecule has 7 unspecified atom stereocenters. The molecular formula is C19H46O12. The van der Waals surface area contributed by atoms with Crippen LogP contribution in [0.1, 0.15) is 41.4 Å². The van der Waals surface area contributed by atoms with Gasteiger partial charge in [-0.2, -0.15) is 0 Å². The second-order valence-corrected chi connectivity index (χ2v) is 7.18. The molecule has 0 spiro atoms. The molecule has 12 heteroatoms. The van der Waals surface area contributed by atoms with E-state index in [1.807, 2.05) is 0 Å². The van der Waals surface area contributed by atoms with Crippen molar-refractivity contribution in [1.29, 1.82) is 0 Å². The van der Waals surface area contributed by atoms with Crippen molar-refractivity contribution < 1.29 is 63.4 Å². The number of aliphatic hydroxyl groups is 8. The fourth-order valence-corrected chi connectivity index (χ4v) is 2.93. The van der Waals surface area contributed by atoms with Crippen molar-refractivity contribution in [3.63, 3.8) is 0 Å². The highest BCUT2D eigenvalue weighted by molar-refractivity contribution is 4.78. The van der Waals surface area contributed by atoms with Gasteiger partial charge in [0.1, 0.15) is 6.10 Å². The summed E-state index contributed by atoms with van der Waals surface area (Å²) in [6.45, 7) is 0.241. The minimum atomic E-state index is -0.777. The SMILES string of the molecule is CO.O.OC1CCC2COC1O2.OCC(O)CCC(O)CO.OCC1CCC(CO)O1.[HH].[HH]. The lowest BCUT2D eigenvalue weighted by Gasteiger charge is -2.22. The third kappa shape index (κ3) is 14.3. The summed E-state index contributed by atoms with van der Waals surface area (Å²) in [6.07, 6.45) is 2.12. The molecule has 0 amide bonds. The van der Waals surface area contributed by atoms with Gasteiger partial charge in [0.05, 0.1) is 63.6 Å². The summed E-state index contributed by atoms with van der Waals surface area (Å²) in [4.78, 5) is 0. The molecule has 31 heavy (non-hydrogen) atoms. The van der Waals surface area contributed by atoms with Crippen molar-refractivity contribution in [2.45, 2.75) is 81.4 Å². The number of ether oxygens (including phenoxy) is 3. The van der Waals surface area contributed by atoms with E-state index >= 15 is 0 Å². The highest BCUT2D eigenvalue weighted by Gasteiger charge is 2.36. The van der Waals surface area contributed by atoms with E-state index in [1.54, 1.807) is 0 Å². The molecule has 3 aliphatic rings. The Balaban J connectivity index is -0.000000176. The van der Waals surface area contributed by atoms with E-state index in [9.17, 15) is 0 Å². The first-order valence-electron chi connectivity index (χ1n) is 10.3. The lowest BCUT2D eigenvalue weighted by molar-refractivity contribution is -0.152. The molecule has 0 aromatic rings. The largest absolute Gasteiger partial charge is 0.412 e. The van der Waals surface area contributed by atoms with E-state index in [0.29, 0.717) is 19.4 Å². The van der Waals surface area contributed by atoms with Crippen LogP contribution in [0.25, 0.3) is 0 Å². The van der Waals surface area contributed by atoms with Crippen LogP contribution < -0.4 is 0 Å². The zero-order valence-corrected chi connectivity index (χ0v) is 18.1. The average molecular weight is 467 g/mol. The van der Waals surface area contributed by atoms with E-state index in [4.69, 9.17) is 55.1 Å². The van der Waals surface area contributed by atoms with E-state index in [1.165, 1.54) is 0 Å². The zero-order valence-electron chi connectivity index (χ0n) is 18.1. The molecule has 2 bridgehead atoms. The van der Waals surface area contributed by atoms with E-state index in [2.05, 4.69) is 0 Å². The third-order valence-corrected chi connectivity index (χ3v) is 4.73. The molecule has 12 nitrogen and oxygen atoms in total. The van der Waals surface area contributed by atoms with Crippen molar-refractivity contribution in [2.24, 2.45) is 0 Å². The molecular weight excluding hydrogens is 420 g/mol. The Morgan fingerprint density at radius 3 is 1.65 bits per heavy atom. The minimum Gasteiger partial charge on any atom is -0.412 e. The Bertz CT molecular complexity index is 377. The van der Waals surface area contributed by atoms with Gasteiger partial charge in [0.2, 0.25) is 0 Å². The lowest BCUT2D eigenvalue weighted by Crippen LogP contribution is -2.32. The number of hydrogen-bond donors (Lipinski definition) is 8. The van der Waals surface area contributed by atoms with Crippen LogP contribution >= 0.6 is 0 Å². The number of rotatable bonds is 7. The standard InChI is InChI=1S/C6H14O4.C6H10O3.C6H12O3.CH4O.H2O.2H2/c7-3-5(9)1-2-6(10)4-8;7-5-2-1-4-3-8-6(5)9-4;7-3-5-1-2-6(4-8)9-5;1-2;;;/h5-10H,1-4H2;4-7H,1-3H2;5-8H,1-4H2;2H,1H3;1H2;2*1H. The number of hydrogen-bond acceptors (Lipinski definition) is 11. The van der Waals surface area contributed by atoms with Crippen LogP contribution in [-0.2, 0) is 14.2 Å². The van der Waals surface area contributed by atoms with Gasteiger partial charge in [-0.15, -0.1) is 0 Å². The summed E-state index contributed by atoms with van der Waals surface area (Å²) >= 11 is 0. The van der Waals surface area contributed by atoms with Gasteiger partial charge in [-0.25, -0.2) is 0 Å².